The molecule has 2 rings (SSSR count). The maximum Gasteiger partial charge on any atom is 0.192 e. The molecule has 0 aliphatic heterocycles. The van der Waals surface area contributed by atoms with Crippen molar-refractivity contribution in [3.05, 3.63) is 34.9 Å². The smallest absolute Gasteiger partial charge is 0.192 e. The van der Waals surface area contributed by atoms with Crippen molar-refractivity contribution in [3.8, 4) is 0 Å². The summed E-state index contributed by atoms with van der Waals surface area (Å²) in [6.07, 6.45) is 1.82. The van der Waals surface area contributed by atoms with Gasteiger partial charge in [-0.1, -0.05) is 59.7 Å². The van der Waals surface area contributed by atoms with Crippen LogP contribution in [0, 0.1) is 5.41 Å². The van der Waals surface area contributed by atoms with Gasteiger partial charge >= 0.3 is 0 Å². The summed E-state index contributed by atoms with van der Waals surface area (Å²) < 4.78 is 6.67. The Hall–Kier alpha value is -0.643. The highest BCUT2D eigenvalue weighted by atomic mass is 28.4. The van der Waals surface area contributed by atoms with Crippen molar-refractivity contribution in [2.45, 2.75) is 84.7 Å². The molecule has 0 radical (unpaired) electrons. The Morgan fingerprint density at radius 2 is 1.74 bits per heavy atom. The van der Waals surface area contributed by atoms with Gasteiger partial charge in [0.05, 0.1) is 12.2 Å². The average Bonchev–Trinajstić information content (AvgIpc) is 2.78. The molecule has 0 aromatic heterocycles. The summed E-state index contributed by atoms with van der Waals surface area (Å²) in [5.41, 5.74) is 3.57. The Morgan fingerprint density at radius 1 is 1.13 bits per heavy atom. The number of aliphatic hydroxyl groups excluding tert-OH is 1. The molecule has 1 aromatic carbocycles. The molecule has 1 aromatic rings. The number of rotatable bonds is 3. The van der Waals surface area contributed by atoms with Crippen molar-refractivity contribution >= 4 is 8.32 Å². The van der Waals surface area contributed by atoms with Gasteiger partial charge in [0.1, 0.15) is 0 Å². The van der Waals surface area contributed by atoms with Crippen LogP contribution in [0.3, 0.4) is 0 Å². The lowest BCUT2D eigenvalue weighted by atomic mass is 9.82. The molecule has 0 bridgehead atoms. The van der Waals surface area contributed by atoms with Gasteiger partial charge in [-0.15, -0.1) is 0 Å². The Morgan fingerprint density at radius 3 is 2.26 bits per heavy atom. The predicted octanol–water partition coefficient (Wildman–Crippen LogP) is 5.78. The lowest BCUT2D eigenvalue weighted by Crippen LogP contribution is -2.41. The standard InChI is InChI=1S/C20H34O2Si/c1-19(2,3)18(21)16-11-9-10-15-14(16)12-13-17(15)22-23(7,8)20(4,5)6/h9-11,17-18,21H,12-13H2,1-8H3/t17-,18?/m0/s1. The second-order valence-electron chi connectivity index (χ2n) is 9.59. The second kappa shape index (κ2) is 6.02. The first-order chi connectivity index (χ1) is 10.3. The zero-order valence-corrected chi connectivity index (χ0v) is 17.2. The van der Waals surface area contributed by atoms with Gasteiger partial charge in [0.25, 0.3) is 0 Å². The van der Waals surface area contributed by atoms with E-state index >= 15 is 0 Å². The van der Waals surface area contributed by atoms with E-state index in [2.05, 4.69) is 72.8 Å². The van der Waals surface area contributed by atoms with Gasteiger partial charge in [0.2, 0.25) is 0 Å². The molecule has 1 unspecified atom stereocenters. The van der Waals surface area contributed by atoms with Crippen molar-refractivity contribution < 1.29 is 9.53 Å². The molecule has 130 valence electrons. The molecule has 1 N–H and O–H groups in total. The van der Waals surface area contributed by atoms with Crippen molar-refractivity contribution in [2.24, 2.45) is 5.41 Å². The first-order valence-electron chi connectivity index (χ1n) is 8.82. The lowest BCUT2D eigenvalue weighted by molar-refractivity contribution is 0.0619. The summed E-state index contributed by atoms with van der Waals surface area (Å²) in [4.78, 5) is 0. The van der Waals surface area contributed by atoms with Gasteiger partial charge in [-0.2, -0.15) is 0 Å². The van der Waals surface area contributed by atoms with E-state index in [-0.39, 0.29) is 16.6 Å². The van der Waals surface area contributed by atoms with Crippen LogP contribution in [0.25, 0.3) is 0 Å². The van der Waals surface area contributed by atoms with E-state index in [9.17, 15) is 5.11 Å². The number of fused-ring (bicyclic) bond motifs is 1. The van der Waals surface area contributed by atoms with Crippen LogP contribution in [0.1, 0.15) is 76.9 Å². The molecule has 0 heterocycles. The van der Waals surface area contributed by atoms with Gasteiger partial charge in [-0.05, 0) is 53.1 Å². The van der Waals surface area contributed by atoms with Crippen LogP contribution in [-0.2, 0) is 10.8 Å². The van der Waals surface area contributed by atoms with Crippen molar-refractivity contribution in [1.82, 2.24) is 0 Å². The zero-order chi connectivity index (χ0) is 17.6. The predicted molar refractivity (Wildman–Crippen MR) is 100 cm³/mol. The minimum atomic E-state index is -1.78. The van der Waals surface area contributed by atoms with Gasteiger partial charge in [0, 0.05) is 0 Å². The SMILES string of the molecule is CC(C)(C)C(O)c1cccc2c1CC[C@@H]2O[Si](C)(C)C(C)(C)C. The summed E-state index contributed by atoms with van der Waals surface area (Å²) in [6, 6.07) is 6.36. The maximum absolute atomic E-state index is 10.7. The molecule has 3 heteroatoms. The Bertz CT molecular complexity index is 564. The molecule has 0 saturated carbocycles. The maximum atomic E-state index is 10.7. The van der Waals surface area contributed by atoms with Crippen molar-refractivity contribution in [1.29, 1.82) is 0 Å². The number of hydrogen-bond donors (Lipinski definition) is 1. The van der Waals surface area contributed by atoms with E-state index in [0.29, 0.717) is 0 Å². The molecule has 1 aliphatic carbocycles. The van der Waals surface area contributed by atoms with E-state index in [1.165, 1.54) is 11.1 Å². The first kappa shape index (κ1) is 18.7. The van der Waals surface area contributed by atoms with Gasteiger partial charge in [0.15, 0.2) is 8.32 Å². The third kappa shape index (κ3) is 3.72. The van der Waals surface area contributed by atoms with E-state index in [0.717, 1.165) is 18.4 Å². The van der Waals surface area contributed by atoms with E-state index < -0.39 is 14.4 Å². The summed E-state index contributed by atoms with van der Waals surface area (Å²) in [5, 5.41) is 11.0. The highest BCUT2D eigenvalue weighted by Gasteiger charge is 2.41. The Kier molecular flexibility index (Phi) is 4.89. The molecule has 0 amide bonds. The number of aliphatic hydroxyl groups is 1. The average molecular weight is 335 g/mol. The zero-order valence-electron chi connectivity index (χ0n) is 16.2. The highest BCUT2D eigenvalue weighted by molar-refractivity contribution is 6.74. The number of benzene rings is 1. The molecule has 0 fully saturated rings. The largest absolute Gasteiger partial charge is 0.410 e. The summed E-state index contributed by atoms with van der Waals surface area (Å²) in [6.45, 7) is 17.8. The summed E-state index contributed by atoms with van der Waals surface area (Å²) in [7, 11) is -1.78. The molecule has 1 aliphatic rings. The van der Waals surface area contributed by atoms with Crippen LogP contribution in [0.5, 0.6) is 0 Å². The fraction of sp³-hybridized carbons (Fsp3) is 0.700. The molecule has 2 nitrogen and oxygen atoms in total. The monoisotopic (exact) mass is 334 g/mol. The Balaban J connectivity index is 2.32. The van der Waals surface area contributed by atoms with Gasteiger partial charge < -0.3 is 9.53 Å². The third-order valence-corrected chi connectivity index (χ3v) is 10.1. The minimum Gasteiger partial charge on any atom is -0.410 e. The van der Waals surface area contributed by atoms with Crippen LogP contribution in [-0.4, -0.2) is 13.4 Å². The van der Waals surface area contributed by atoms with Crippen molar-refractivity contribution in [3.63, 3.8) is 0 Å². The summed E-state index contributed by atoms with van der Waals surface area (Å²) in [5.74, 6) is 0. The quantitative estimate of drug-likeness (QED) is 0.710. The fourth-order valence-corrected chi connectivity index (χ4v) is 4.33. The van der Waals surface area contributed by atoms with Gasteiger partial charge in [-0.3, -0.25) is 0 Å². The van der Waals surface area contributed by atoms with E-state index in [1.54, 1.807) is 0 Å². The fourth-order valence-electron chi connectivity index (χ4n) is 3.02. The van der Waals surface area contributed by atoms with Crippen LogP contribution < -0.4 is 0 Å². The third-order valence-electron chi connectivity index (χ3n) is 5.61. The topological polar surface area (TPSA) is 29.5 Å². The van der Waals surface area contributed by atoms with Crippen LogP contribution in [0.4, 0.5) is 0 Å². The molecule has 23 heavy (non-hydrogen) atoms. The van der Waals surface area contributed by atoms with Crippen molar-refractivity contribution in [2.75, 3.05) is 0 Å². The molecule has 0 spiro atoms. The second-order valence-corrected chi connectivity index (χ2v) is 14.3. The number of hydrogen-bond acceptors (Lipinski definition) is 2. The minimum absolute atomic E-state index is 0.145. The molecule has 0 saturated heterocycles. The normalized spacial score (nSPS) is 20.5. The van der Waals surface area contributed by atoms with E-state index in [4.69, 9.17) is 4.43 Å². The van der Waals surface area contributed by atoms with Gasteiger partial charge in [-0.25, -0.2) is 0 Å². The van der Waals surface area contributed by atoms with Crippen LogP contribution in [0.2, 0.25) is 18.1 Å². The Labute approximate surface area is 143 Å². The molecular formula is C20H34O2Si. The highest BCUT2D eigenvalue weighted by Crippen LogP contribution is 2.46. The first-order valence-corrected chi connectivity index (χ1v) is 11.7. The van der Waals surface area contributed by atoms with Crippen LogP contribution in [0.15, 0.2) is 18.2 Å². The molecule has 2 atom stereocenters. The van der Waals surface area contributed by atoms with E-state index in [1.807, 2.05) is 0 Å². The summed E-state index contributed by atoms with van der Waals surface area (Å²) >= 11 is 0. The lowest BCUT2D eigenvalue weighted by Gasteiger charge is -2.38. The van der Waals surface area contributed by atoms with Crippen LogP contribution >= 0.6 is 0 Å². The molecular weight excluding hydrogens is 300 g/mol.